The Morgan fingerprint density at radius 2 is 1.65 bits per heavy atom. The van der Waals surface area contributed by atoms with Crippen LogP contribution in [0.15, 0.2) is 18.2 Å². The van der Waals surface area contributed by atoms with Crippen molar-refractivity contribution < 1.29 is 82.2 Å². The zero-order valence-corrected chi connectivity index (χ0v) is 12.1. The number of methoxy groups -OCH3 is 1. The van der Waals surface area contributed by atoms with E-state index in [9.17, 15) is 26.1 Å². The molecule has 0 amide bonds. The third-order valence-corrected chi connectivity index (χ3v) is 1.91. The average molecular weight is 282 g/mol. The second kappa shape index (κ2) is 5.96. The molecule has 0 spiro atoms. The van der Waals surface area contributed by atoms with Gasteiger partial charge in [0.15, 0.2) is 0 Å². The smallest absolute Gasteiger partial charge is 0.500 e. The first-order valence-electron chi connectivity index (χ1n) is 4.11. The first kappa shape index (κ1) is 17.3. The summed E-state index contributed by atoms with van der Waals surface area (Å²) >= 11 is 0. The Morgan fingerprint density at radius 1 is 1.12 bits per heavy atom. The van der Waals surface area contributed by atoms with Crippen LogP contribution in [0.25, 0.3) is 0 Å². The van der Waals surface area contributed by atoms with Crippen molar-refractivity contribution in [3.8, 4) is 5.75 Å². The molecular formula is C8H6BF6KO. The van der Waals surface area contributed by atoms with Gasteiger partial charge in [-0.05, 0) is 6.07 Å². The van der Waals surface area contributed by atoms with Crippen LogP contribution < -0.4 is 61.6 Å². The summed E-state index contributed by atoms with van der Waals surface area (Å²) in [4.78, 5) is 0. The minimum atomic E-state index is -5.39. The first-order chi connectivity index (χ1) is 7.16. The number of ether oxygens (including phenoxy) is 1. The van der Waals surface area contributed by atoms with E-state index in [1.807, 2.05) is 0 Å². The van der Waals surface area contributed by atoms with Crippen LogP contribution in [0.1, 0.15) is 5.56 Å². The van der Waals surface area contributed by atoms with E-state index >= 15 is 0 Å². The molecule has 0 fully saturated rings. The fourth-order valence-electron chi connectivity index (χ4n) is 1.16. The van der Waals surface area contributed by atoms with Gasteiger partial charge < -0.3 is 17.7 Å². The van der Waals surface area contributed by atoms with Crippen molar-refractivity contribution in [2.24, 2.45) is 0 Å². The quantitative estimate of drug-likeness (QED) is 0.538. The Balaban J connectivity index is 0.00000256. The Morgan fingerprint density at radius 3 is 2.00 bits per heavy atom. The molecule has 0 saturated heterocycles. The molecule has 0 saturated carbocycles. The summed E-state index contributed by atoms with van der Waals surface area (Å²) in [5.74, 6) is -0.817. The molecule has 0 aliphatic carbocycles. The molecule has 0 aromatic heterocycles. The van der Waals surface area contributed by atoms with E-state index in [0.29, 0.717) is 18.2 Å². The van der Waals surface area contributed by atoms with Crippen LogP contribution >= 0.6 is 0 Å². The van der Waals surface area contributed by atoms with Gasteiger partial charge in [0.05, 0.1) is 18.4 Å². The standard InChI is InChI=1S/C8H6BF6O.K/c1-16-7-4-5(8(10,11)12)2-3-6(7)9(13,14)15;/h2-4H,1H3;/q-1;+1. The van der Waals surface area contributed by atoms with E-state index in [1.165, 1.54) is 0 Å². The SMILES string of the molecule is COc1cc(C(F)(F)F)ccc1[B-](F)(F)F.[K+]. The Bertz CT molecular complexity index is 389. The zero-order valence-electron chi connectivity index (χ0n) is 8.99. The number of halogens is 6. The fraction of sp³-hybridized carbons (Fsp3) is 0.250. The summed E-state index contributed by atoms with van der Waals surface area (Å²) in [7, 11) is 0.890. The minimum absolute atomic E-state index is 0. The molecule has 1 aromatic rings. The number of rotatable bonds is 2. The molecule has 1 aromatic carbocycles. The van der Waals surface area contributed by atoms with Gasteiger partial charge in [-0.1, -0.05) is 17.6 Å². The maximum Gasteiger partial charge on any atom is 1.00 e. The second-order valence-corrected chi connectivity index (χ2v) is 3.03. The van der Waals surface area contributed by atoms with Crippen molar-refractivity contribution in [3.63, 3.8) is 0 Å². The van der Waals surface area contributed by atoms with Crippen LogP contribution in [0.3, 0.4) is 0 Å². The van der Waals surface area contributed by atoms with Crippen molar-refractivity contribution in [2.75, 3.05) is 7.11 Å². The summed E-state index contributed by atoms with van der Waals surface area (Å²) in [5.41, 5.74) is -2.34. The van der Waals surface area contributed by atoms with Crippen LogP contribution in [-0.2, 0) is 6.18 Å². The van der Waals surface area contributed by atoms with Gasteiger partial charge in [-0.15, -0.1) is 0 Å². The summed E-state index contributed by atoms with van der Waals surface area (Å²) in [6.45, 7) is -5.39. The van der Waals surface area contributed by atoms with Gasteiger partial charge in [-0.25, -0.2) is 0 Å². The number of hydrogen-bond donors (Lipinski definition) is 0. The van der Waals surface area contributed by atoms with Crippen molar-refractivity contribution in [3.05, 3.63) is 23.8 Å². The van der Waals surface area contributed by atoms with Gasteiger partial charge in [0.1, 0.15) is 0 Å². The van der Waals surface area contributed by atoms with E-state index in [1.54, 1.807) is 0 Å². The average Bonchev–Trinajstić information content (AvgIpc) is 2.14. The number of alkyl halides is 3. The molecule has 1 nitrogen and oxygen atoms in total. The molecule has 0 aliphatic heterocycles. The van der Waals surface area contributed by atoms with Crippen LogP contribution in [0.4, 0.5) is 26.1 Å². The number of hydrogen-bond acceptors (Lipinski definition) is 1. The number of benzene rings is 1. The third kappa shape index (κ3) is 4.47. The van der Waals surface area contributed by atoms with E-state index < -0.39 is 29.9 Å². The van der Waals surface area contributed by atoms with Crippen molar-refractivity contribution in [1.29, 1.82) is 0 Å². The molecular weight excluding hydrogens is 276 g/mol. The topological polar surface area (TPSA) is 9.23 Å². The van der Waals surface area contributed by atoms with Gasteiger partial charge in [-0.3, -0.25) is 0 Å². The van der Waals surface area contributed by atoms with Crippen molar-refractivity contribution >= 4 is 12.4 Å². The summed E-state index contributed by atoms with van der Waals surface area (Å²) in [6.07, 6.45) is -4.69. The molecule has 1 rings (SSSR count). The fourth-order valence-corrected chi connectivity index (χ4v) is 1.16. The Labute approximate surface area is 136 Å². The van der Waals surface area contributed by atoms with Crippen LogP contribution in [0.5, 0.6) is 5.75 Å². The molecule has 0 atom stereocenters. The van der Waals surface area contributed by atoms with Gasteiger partial charge in [0.25, 0.3) is 0 Å². The predicted molar refractivity (Wildman–Crippen MR) is 46.7 cm³/mol. The predicted octanol–water partition coefficient (Wildman–Crippen LogP) is -0.228. The molecule has 0 bridgehead atoms. The molecule has 0 aliphatic rings. The Hall–Kier alpha value is 0.301. The molecule has 0 radical (unpaired) electrons. The normalized spacial score (nSPS) is 11.9. The Kier molecular flexibility index (Phi) is 6.07. The molecule has 17 heavy (non-hydrogen) atoms. The van der Waals surface area contributed by atoms with Gasteiger partial charge in [-0.2, -0.15) is 13.2 Å². The molecule has 0 heterocycles. The van der Waals surface area contributed by atoms with Crippen LogP contribution in [-0.4, -0.2) is 14.1 Å². The van der Waals surface area contributed by atoms with E-state index in [4.69, 9.17) is 0 Å². The first-order valence-corrected chi connectivity index (χ1v) is 4.11. The summed E-state index contributed by atoms with van der Waals surface area (Å²) < 4.78 is 78.0. The molecule has 0 N–H and O–H groups in total. The largest absolute Gasteiger partial charge is 1.00 e. The van der Waals surface area contributed by atoms with Crippen LogP contribution in [0.2, 0.25) is 0 Å². The zero-order chi connectivity index (χ0) is 12.6. The van der Waals surface area contributed by atoms with Crippen molar-refractivity contribution in [1.82, 2.24) is 0 Å². The monoisotopic (exact) mass is 282 g/mol. The molecule has 0 unspecified atom stereocenters. The summed E-state index contributed by atoms with van der Waals surface area (Å²) in [5, 5.41) is 0. The van der Waals surface area contributed by atoms with E-state index in [2.05, 4.69) is 4.74 Å². The summed E-state index contributed by atoms with van der Waals surface area (Å²) in [6, 6.07) is 1.10. The van der Waals surface area contributed by atoms with Crippen LogP contribution in [0, 0.1) is 0 Å². The van der Waals surface area contributed by atoms with Gasteiger partial charge in [0, 0.05) is 0 Å². The maximum absolute atomic E-state index is 12.4. The molecule has 90 valence electrons. The second-order valence-electron chi connectivity index (χ2n) is 3.03. The molecule has 9 heteroatoms. The third-order valence-electron chi connectivity index (χ3n) is 1.91. The minimum Gasteiger partial charge on any atom is -0.500 e. The van der Waals surface area contributed by atoms with E-state index in [-0.39, 0.29) is 51.4 Å². The maximum atomic E-state index is 12.4. The van der Waals surface area contributed by atoms with Gasteiger partial charge in [0.2, 0.25) is 0 Å². The van der Waals surface area contributed by atoms with E-state index in [0.717, 1.165) is 7.11 Å². The van der Waals surface area contributed by atoms with Gasteiger partial charge >= 0.3 is 64.5 Å². The van der Waals surface area contributed by atoms with Crippen molar-refractivity contribution in [2.45, 2.75) is 6.18 Å².